The standard InChI is InChI=1S/C17H19NO4/c1-11(20-2)17(19,21-3)14-6-7-15-13(10-14)9-12-5-4-8-18-16(12)22-15/h4-8,10-11,19H,9H2,1-3H3. The number of ether oxygens (including phenoxy) is 3. The number of fused-ring (bicyclic) bond motifs is 2. The van der Waals surface area contributed by atoms with Crippen molar-refractivity contribution in [2.75, 3.05) is 14.2 Å². The maximum Gasteiger partial charge on any atom is 0.222 e. The van der Waals surface area contributed by atoms with Crippen LogP contribution in [0.1, 0.15) is 23.6 Å². The molecular formula is C17H19NO4. The van der Waals surface area contributed by atoms with Crippen LogP contribution < -0.4 is 4.74 Å². The van der Waals surface area contributed by atoms with Gasteiger partial charge in [0.25, 0.3) is 0 Å². The summed E-state index contributed by atoms with van der Waals surface area (Å²) in [7, 11) is 3.00. The molecule has 1 aromatic carbocycles. The van der Waals surface area contributed by atoms with Crippen LogP contribution in [0, 0.1) is 0 Å². The molecule has 1 N–H and O–H groups in total. The zero-order valence-corrected chi connectivity index (χ0v) is 12.9. The molecule has 0 bridgehead atoms. The molecule has 2 heterocycles. The minimum absolute atomic E-state index is 0.506. The van der Waals surface area contributed by atoms with Crippen LogP contribution in [0.15, 0.2) is 36.5 Å². The summed E-state index contributed by atoms with van der Waals surface area (Å²) >= 11 is 0. The molecule has 1 aliphatic rings. The first-order chi connectivity index (χ1) is 10.6. The van der Waals surface area contributed by atoms with Gasteiger partial charge in [-0.3, -0.25) is 0 Å². The lowest BCUT2D eigenvalue weighted by atomic mass is 9.94. The normalized spacial score (nSPS) is 16.9. The number of benzene rings is 1. The summed E-state index contributed by atoms with van der Waals surface area (Å²) in [5.74, 6) is -0.118. The number of pyridine rings is 1. The van der Waals surface area contributed by atoms with Crippen molar-refractivity contribution >= 4 is 0 Å². The van der Waals surface area contributed by atoms with E-state index in [0.29, 0.717) is 17.9 Å². The van der Waals surface area contributed by atoms with Crippen LogP contribution in [-0.4, -0.2) is 30.4 Å². The molecule has 22 heavy (non-hydrogen) atoms. The average molecular weight is 301 g/mol. The topological polar surface area (TPSA) is 60.8 Å². The van der Waals surface area contributed by atoms with E-state index >= 15 is 0 Å². The SMILES string of the molecule is COC(C)C(O)(OC)c1ccc2c(c1)Cc1cccnc1O2. The van der Waals surface area contributed by atoms with Crippen molar-refractivity contribution in [2.45, 2.75) is 25.2 Å². The highest BCUT2D eigenvalue weighted by Crippen LogP contribution is 2.38. The molecule has 2 atom stereocenters. The molecule has 2 aromatic rings. The van der Waals surface area contributed by atoms with Crippen LogP contribution >= 0.6 is 0 Å². The van der Waals surface area contributed by atoms with E-state index < -0.39 is 11.9 Å². The lowest BCUT2D eigenvalue weighted by Crippen LogP contribution is -2.40. The number of aromatic nitrogens is 1. The molecule has 5 nitrogen and oxygen atoms in total. The third kappa shape index (κ3) is 2.37. The van der Waals surface area contributed by atoms with E-state index in [-0.39, 0.29) is 0 Å². The molecule has 5 heteroatoms. The Kier molecular flexibility index (Phi) is 3.87. The lowest BCUT2D eigenvalue weighted by molar-refractivity contribution is -0.253. The first-order valence-electron chi connectivity index (χ1n) is 7.14. The third-order valence-electron chi connectivity index (χ3n) is 4.13. The molecule has 2 unspecified atom stereocenters. The predicted octanol–water partition coefficient (Wildman–Crippen LogP) is 2.60. The molecule has 1 aliphatic heterocycles. The third-order valence-corrected chi connectivity index (χ3v) is 4.13. The monoisotopic (exact) mass is 301 g/mol. The maximum absolute atomic E-state index is 10.8. The summed E-state index contributed by atoms with van der Waals surface area (Å²) in [4.78, 5) is 4.23. The van der Waals surface area contributed by atoms with E-state index in [0.717, 1.165) is 16.9 Å². The summed E-state index contributed by atoms with van der Waals surface area (Å²) in [6.07, 6.45) is 1.91. The van der Waals surface area contributed by atoms with E-state index in [1.165, 1.54) is 14.2 Å². The Morgan fingerprint density at radius 3 is 2.82 bits per heavy atom. The highest BCUT2D eigenvalue weighted by Gasteiger charge is 2.37. The van der Waals surface area contributed by atoms with Gasteiger partial charge in [0.15, 0.2) is 0 Å². The fraction of sp³-hybridized carbons (Fsp3) is 0.353. The quantitative estimate of drug-likeness (QED) is 0.751. The van der Waals surface area contributed by atoms with E-state index in [4.69, 9.17) is 14.2 Å². The lowest BCUT2D eigenvalue weighted by Gasteiger charge is -2.32. The Balaban J connectivity index is 1.99. The van der Waals surface area contributed by atoms with Crippen molar-refractivity contribution in [3.05, 3.63) is 53.2 Å². The summed E-state index contributed by atoms with van der Waals surface area (Å²) in [5, 5.41) is 10.8. The van der Waals surface area contributed by atoms with Gasteiger partial charge in [0.05, 0.1) is 0 Å². The average Bonchev–Trinajstić information content (AvgIpc) is 2.57. The number of hydrogen-bond donors (Lipinski definition) is 1. The Bertz CT molecular complexity index is 688. The van der Waals surface area contributed by atoms with Gasteiger partial charge in [-0.15, -0.1) is 0 Å². The van der Waals surface area contributed by atoms with Gasteiger partial charge < -0.3 is 19.3 Å². The van der Waals surface area contributed by atoms with E-state index in [1.807, 2.05) is 24.3 Å². The van der Waals surface area contributed by atoms with Gasteiger partial charge in [0, 0.05) is 38.0 Å². The molecular weight excluding hydrogens is 282 g/mol. The Hall–Kier alpha value is -1.95. The van der Waals surface area contributed by atoms with Crippen molar-refractivity contribution in [2.24, 2.45) is 0 Å². The number of nitrogens with zero attached hydrogens (tertiary/aromatic N) is 1. The van der Waals surface area contributed by atoms with Crippen LogP contribution in [-0.2, 0) is 21.7 Å². The number of aliphatic hydroxyl groups is 1. The van der Waals surface area contributed by atoms with Gasteiger partial charge in [0.1, 0.15) is 11.9 Å². The zero-order valence-electron chi connectivity index (χ0n) is 12.9. The second kappa shape index (κ2) is 5.68. The minimum Gasteiger partial charge on any atom is -0.438 e. The first kappa shape index (κ1) is 15.0. The largest absolute Gasteiger partial charge is 0.438 e. The first-order valence-corrected chi connectivity index (χ1v) is 7.14. The fourth-order valence-electron chi connectivity index (χ4n) is 2.68. The molecule has 116 valence electrons. The van der Waals surface area contributed by atoms with E-state index in [1.54, 1.807) is 19.2 Å². The smallest absolute Gasteiger partial charge is 0.222 e. The van der Waals surface area contributed by atoms with Gasteiger partial charge >= 0.3 is 0 Å². The van der Waals surface area contributed by atoms with Crippen molar-refractivity contribution in [3.8, 4) is 11.6 Å². The molecule has 0 aliphatic carbocycles. The highest BCUT2D eigenvalue weighted by molar-refractivity contribution is 5.49. The molecule has 0 radical (unpaired) electrons. The number of rotatable bonds is 4. The van der Waals surface area contributed by atoms with Crippen LogP contribution in [0.3, 0.4) is 0 Å². The second-order valence-electron chi connectivity index (χ2n) is 5.35. The highest BCUT2D eigenvalue weighted by atomic mass is 16.6. The van der Waals surface area contributed by atoms with E-state index in [9.17, 15) is 5.11 Å². The summed E-state index contributed by atoms with van der Waals surface area (Å²) in [6, 6.07) is 9.37. The van der Waals surface area contributed by atoms with Gasteiger partial charge in [-0.2, -0.15) is 0 Å². The van der Waals surface area contributed by atoms with Crippen molar-refractivity contribution in [3.63, 3.8) is 0 Å². The second-order valence-corrected chi connectivity index (χ2v) is 5.35. The zero-order chi connectivity index (χ0) is 15.7. The van der Waals surface area contributed by atoms with Crippen LogP contribution in [0.2, 0.25) is 0 Å². The van der Waals surface area contributed by atoms with Crippen molar-refractivity contribution in [1.82, 2.24) is 4.98 Å². The molecule has 0 amide bonds. The number of methoxy groups -OCH3 is 2. The van der Waals surface area contributed by atoms with Crippen molar-refractivity contribution < 1.29 is 19.3 Å². The molecule has 0 fully saturated rings. The Morgan fingerprint density at radius 2 is 2.09 bits per heavy atom. The summed E-state index contributed by atoms with van der Waals surface area (Å²) < 4.78 is 16.4. The predicted molar refractivity (Wildman–Crippen MR) is 80.9 cm³/mol. The van der Waals surface area contributed by atoms with Crippen molar-refractivity contribution in [1.29, 1.82) is 0 Å². The van der Waals surface area contributed by atoms with Gasteiger partial charge in [0.2, 0.25) is 11.7 Å². The van der Waals surface area contributed by atoms with Gasteiger partial charge in [-0.1, -0.05) is 6.07 Å². The summed E-state index contributed by atoms with van der Waals surface area (Å²) in [6.45, 7) is 1.76. The van der Waals surface area contributed by atoms with Crippen LogP contribution in [0.5, 0.6) is 11.6 Å². The molecule has 0 spiro atoms. The van der Waals surface area contributed by atoms with Crippen LogP contribution in [0.4, 0.5) is 0 Å². The molecule has 0 saturated heterocycles. The molecule has 1 aromatic heterocycles. The Morgan fingerprint density at radius 1 is 1.27 bits per heavy atom. The minimum atomic E-state index is -1.50. The molecule has 3 rings (SSSR count). The Labute approximate surface area is 129 Å². The number of hydrogen-bond acceptors (Lipinski definition) is 5. The van der Waals surface area contributed by atoms with Crippen LogP contribution in [0.25, 0.3) is 0 Å². The van der Waals surface area contributed by atoms with Gasteiger partial charge in [-0.05, 0) is 36.8 Å². The maximum atomic E-state index is 10.8. The van der Waals surface area contributed by atoms with E-state index in [2.05, 4.69) is 4.98 Å². The van der Waals surface area contributed by atoms with Gasteiger partial charge in [-0.25, -0.2) is 4.98 Å². The fourth-order valence-corrected chi connectivity index (χ4v) is 2.68. The summed E-state index contributed by atoms with van der Waals surface area (Å²) in [5.41, 5.74) is 2.64. The molecule has 0 saturated carbocycles.